The number of rotatable bonds is 4. The van der Waals surface area contributed by atoms with Crippen LogP contribution in [0, 0.1) is 6.92 Å². The van der Waals surface area contributed by atoms with Crippen molar-refractivity contribution in [3.63, 3.8) is 0 Å². The number of likely N-dealkylation sites (N-methyl/N-ethyl adjacent to an activating group) is 1. The molecule has 1 heterocycles. The minimum absolute atomic E-state index is 0.0750. The number of amides is 1. The molecule has 4 heteroatoms. The van der Waals surface area contributed by atoms with Crippen molar-refractivity contribution >= 4 is 16.8 Å². The fraction of sp³-hybridized carbons (Fsp3) is 0.286. The molecule has 2 aromatic rings. The minimum atomic E-state index is -0.0750. The standard InChI is InChI=1S/C14H17N3O/c1-10-6-7-11-4-3-5-12(13(11)17-10)14(18)16-9-8-15-2/h3-7,15H,8-9H2,1-2H3,(H,16,18). The Bertz CT molecular complexity index is 566. The van der Waals surface area contributed by atoms with Gasteiger partial charge < -0.3 is 10.6 Å². The van der Waals surface area contributed by atoms with E-state index in [1.165, 1.54) is 0 Å². The second kappa shape index (κ2) is 5.60. The van der Waals surface area contributed by atoms with Gasteiger partial charge >= 0.3 is 0 Å². The van der Waals surface area contributed by atoms with E-state index in [2.05, 4.69) is 15.6 Å². The number of nitrogens with one attached hydrogen (secondary N) is 2. The Balaban J connectivity index is 2.32. The van der Waals surface area contributed by atoms with Gasteiger partial charge in [0.1, 0.15) is 0 Å². The predicted octanol–water partition coefficient (Wildman–Crippen LogP) is 1.49. The van der Waals surface area contributed by atoms with Gasteiger partial charge in [-0.05, 0) is 26.1 Å². The number of carbonyl (C=O) groups is 1. The molecule has 0 saturated carbocycles. The highest BCUT2D eigenvalue weighted by Crippen LogP contribution is 2.17. The molecule has 2 N–H and O–H groups in total. The molecule has 4 nitrogen and oxygen atoms in total. The molecule has 94 valence electrons. The number of aromatic nitrogens is 1. The maximum Gasteiger partial charge on any atom is 0.253 e. The van der Waals surface area contributed by atoms with E-state index in [4.69, 9.17) is 0 Å². The van der Waals surface area contributed by atoms with Crippen molar-refractivity contribution in [3.8, 4) is 0 Å². The summed E-state index contributed by atoms with van der Waals surface area (Å²) in [5, 5.41) is 6.85. The number of para-hydroxylation sites is 1. The maximum absolute atomic E-state index is 12.1. The van der Waals surface area contributed by atoms with E-state index < -0.39 is 0 Å². The third-order valence-corrected chi connectivity index (χ3v) is 2.76. The topological polar surface area (TPSA) is 54.0 Å². The summed E-state index contributed by atoms with van der Waals surface area (Å²) in [5.74, 6) is -0.0750. The lowest BCUT2D eigenvalue weighted by Gasteiger charge is -2.07. The molecule has 0 bridgehead atoms. The van der Waals surface area contributed by atoms with Gasteiger partial charge in [-0.2, -0.15) is 0 Å². The van der Waals surface area contributed by atoms with Gasteiger partial charge in [0.15, 0.2) is 0 Å². The lowest BCUT2D eigenvalue weighted by Crippen LogP contribution is -2.30. The molecule has 0 unspecified atom stereocenters. The summed E-state index contributed by atoms with van der Waals surface area (Å²) >= 11 is 0. The highest BCUT2D eigenvalue weighted by molar-refractivity contribution is 6.05. The number of carbonyl (C=O) groups excluding carboxylic acids is 1. The Morgan fingerprint density at radius 1 is 1.22 bits per heavy atom. The molecule has 1 aromatic carbocycles. The van der Waals surface area contributed by atoms with Crippen molar-refractivity contribution in [2.24, 2.45) is 0 Å². The molecule has 0 aliphatic rings. The Labute approximate surface area is 106 Å². The largest absolute Gasteiger partial charge is 0.351 e. The zero-order valence-electron chi connectivity index (χ0n) is 10.7. The van der Waals surface area contributed by atoms with Crippen LogP contribution in [-0.4, -0.2) is 31.0 Å². The maximum atomic E-state index is 12.1. The van der Waals surface area contributed by atoms with Gasteiger partial charge in [-0.3, -0.25) is 9.78 Å². The third-order valence-electron chi connectivity index (χ3n) is 2.76. The van der Waals surface area contributed by atoms with Crippen LogP contribution in [0.3, 0.4) is 0 Å². The first-order valence-corrected chi connectivity index (χ1v) is 6.01. The summed E-state index contributed by atoms with van der Waals surface area (Å²) in [6.45, 7) is 3.29. The average Bonchev–Trinajstić information content (AvgIpc) is 2.38. The Kier molecular flexibility index (Phi) is 3.89. The van der Waals surface area contributed by atoms with Crippen LogP contribution in [0.25, 0.3) is 10.9 Å². The number of hydrogen-bond donors (Lipinski definition) is 2. The molecule has 0 spiro atoms. The van der Waals surface area contributed by atoms with Crippen LogP contribution < -0.4 is 10.6 Å². The molecule has 1 amide bonds. The van der Waals surface area contributed by atoms with E-state index in [0.717, 1.165) is 23.1 Å². The van der Waals surface area contributed by atoms with Crippen LogP contribution in [-0.2, 0) is 0 Å². The fourth-order valence-electron chi connectivity index (χ4n) is 1.82. The van der Waals surface area contributed by atoms with Gasteiger partial charge in [-0.15, -0.1) is 0 Å². The molecule has 0 saturated heterocycles. The molecular weight excluding hydrogens is 226 g/mol. The van der Waals surface area contributed by atoms with Gasteiger partial charge in [0, 0.05) is 24.2 Å². The average molecular weight is 243 g/mol. The number of pyridine rings is 1. The SMILES string of the molecule is CNCCNC(=O)c1cccc2ccc(C)nc12. The molecule has 0 aliphatic heterocycles. The lowest BCUT2D eigenvalue weighted by molar-refractivity contribution is 0.0955. The van der Waals surface area contributed by atoms with Crippen molar-refractivity contribution < 1.29 is 4.79 Å². The van der Waals surface area contributed by atoms with Crippen LogP contribution in [0.15, 0.2) is 30.3 Å². The van der Waals surface area contributed by atoms with E-state index in [9.17, 15) is 4.79 Å². The van der Waals surface area contributed by atoms with Crippen LogP contribution >= 0.6 is 0 Å². The second-order valence-electron chi connectivity index (χ2n) is 4.19. The van der Waals surface area contributed by atoms with Crippen LogP contribution in [0.2, 0.25) is 0 Å². The van der Waals surface area contributed by atoms with Gasteiger partial charge in [0.05, 0.1) is 11.1 Å². The van der Waals surface area contributed by atoms with E-state index >= 15 is 0 Å². The van der Waals surface area contributed by atoms with Crippen molar-refractivity contribution in [2.75, 3.05) is 20.1 Å². The highest BCUT2D eigenvalue weighted by Gasteiger charge is 2.10. The van der Waals surface area contributed by atoms with Gasteiger partial charge in [0.2, 0.25) is 0 Å². The molecule has 0 aliphatic carbocycles. The number of hydrogen-bond acceptors (Lipinski definition) is 3. The summed E-state index contributed by atoms with van der Waals surface area (Å²) in [7, 11) is 1.86. The summed E-state index contributed by atoms with van der Waals surface area (Å²) in [4.78, 5) is 16.5. The number of aryl methyl sites for hydroxylation is 1. The summed E-state index contributed by atoms with van der Waals surface area (Å²) in [5.41, 5.74) is 2.31. The van der Waals surface area contributed by atoms with E-state index in [0.29, 0.717) is 12.1 Å². The van der Waals surface area contributed by atoms with E-state index in [1.807, 2.05) is 44.3 Å². The van der Waals surface area contributed by atoms with E-state index in [1.54, 1.807) is 0 Å². The monoisotopic (exact) mass is 243 g/mol. The zero-order chi connectivity index (χ0) is 13.0. The molecule has 0 fully saturated rings. The van der Waals surface area contributed by atoms with Crippen LogP contribution in [0.1, 0.15) is 16.1 Å². The molecule has 18 heavy (non-hydrogen) atoms. The smallest absolute Gasteiger partial charge is 0.253 e. The Hall–Kier alpha value is -1.94. The molecular formula is C14H17N3O. The van der Waals surface area contributed by atoms with Gasteiger partial charge in [-0.25, -0.2) is 0 Å². The van der Waals surface area contributed by atoms with Gasteiger partial charge in [0.25, 0.3) is 5.91 Å². The third kappa shape index (κ3) is 2.65. The quantitative estimate of drug-likeness (QED) is 0.800. The number of fused-ring (bicyclic) bond motifs is 1. The van der Waals surface area contributed by atoms with Crippen LogP contribution in [0.4, 0.5) is 0 Å². The predicted molar refractivity (Wildman–Crippen MR) is 72.7 cm³/mol. The molecule has 0 radical (unpaired) electrons. The summed E-state index contributed by atoms with van der Waals surface area (Å²) < 4.78 is 0. The Morgan fingerprint density at radius 2 is 2.06 bits per heavy atom. The highest BCUT2D eigenvalue weighted by atomic mass is 16.1. The normalized spacial score (nSPS) is 10.6. The van der Waals surface area contributed by atoms with Crippen molar-refractivity contribution in [1.82, 2.24) is 15.6 Å². The van der Waals surface area contributed by atoms with E-state index in [-0.39, 0.29) is 5.91 Å². The first kappa shape index (κ1) is 12.5. The fourth-order valence-corrected chi connectivity index (χ4v) is 1.82. The first-order valence-electron chi connectivity index (χ1n) is 6.01. The van der Waals surface area contributed by atoms with Crippen molar-refractivity contribution in [2.45, 2.75) is 6.92 Å². The second-order valence-corrected chi connectivity index (χ2v) is 4.19. The first-order chi connectivity index (χ1) is 8.72. The summed E-state index contributed by atoms with van der Waals surface area (Å²) in [6.07, 6.45) is 0. The van der Waals surface area contributed by atoms with Gasteiger partial charge in [-0.1, -0.05) is 18.2 Å². The molecule has 0 atom stereocenters. The van der Waals surface area contributed by atoms with Crippen molar-refractivity contribution in [3.05, 3.63) is 41.6 Å². The molecule has 2 rings (SSSR count). The number of nitrogens with zero attached hydrogens (tertiary/aromatic N) is 1. The van der Waals surface area contributed by atoms with Crippen LogP contribution in [0.5, 0.6) is 0 Å². The lowest BCUT2D eigenvalue weighted by atomic mass is 10.1. The summed E-state index contributed by atoms with van der Waals surface area (Å²) in [6, 6.07) is 9.59. The zero-order valence-corrected chi connectivity index (χ0v) is 10.7. The minimum Gasteiger partial charge on any atom is -0.351 e. The molecule has 1 aromatic heterocycles. The Morgan fingerprint density at radius 3 is 2.83 bits per heavy atom. The number of benzene rings is 1. The van der Waals surface area contributed by atoms with Crippen molar-refractivity contribution in [1.29, 1.82) is 0 Å².